The zero-order valence-electron chi connectivity index (χ0n) is 25.6. The molecule has 0 unspecified atom stereocenters. The quantitative estimate of drug-likeness (QED) is 0.369. The van der Waals surface area contributed by atoms with Gasteiger partial charge in [0.1, 0.15) is 12.6 Å². The number of amides is 2. The lowest BCUT2D eigenvalue weighted by atomic mass is 9.48. The van der Waals surface area contributed by atoms with Gasteiger partial charge in [-0.1, -0.05) is 56.3 Å². The van der Waals surface area contributed by atoms with Gasteiger partial charge in [0.25, 0.3) is 0 Å². The molecule has 228 valence electrons. The van der Waals surface area contributed by atoms with Crippen LogP contribution in [0.2, 0.25) is 0 Å². The molecular formula is C34H47N3O4S. The Bertz CT molecular complexity index is 1320. The normalized spacial score (nSPS) is 25.3. The molecular weight excluding hydrogens is 546 g/mol. The third-order valence-corrected chi connectivity index (χ3v) is 11.0. The van der Waals surface area contributed by atoms with Crippen LogP contribution in [0.5, 0.6) is 0 Å². The molecule has 0 spiro atoms. The van der Waals surface area contributed by atoms with Crippen molar-refractivity contribution in [1.29, 1.82) is 0 Å². The predicted molar refractivity (Wildman–Crippen MR) is 168 cm³/mol. The maximum Gasteiger partial charge on any atom is 0.244 e. The first-order valence-corrected chi connectivity index (χ1v) is 17.5. The fourth-order valence-corrected chi connectivity index (χ4v) is 8.93. The van der Waals surface area contributed by atoms with Crippen molar-refractivity contribution in [2.75, 3.05) is 30.2 Å². The maximum absolute atomic E-state index is 13.8. The van der Waals surface area contributed by atoms with E-state index in [2.05, 4.69) is 17.4 Å². The van der Waals surface area contributed by atoms with Crippen LogP contribution >= 0.6 is 0 Å². The number of rotatable bonds is 12. The van der Waals surface area contributed by atoms with Gasteiger partial charge in [0.05, 0.1) is 11.9 Å². The highest BCUT2D eigenvalue weighted by molar-refractivity contribution is 7.92. The van der Waals surface area contributed by atoms with Crippen molar-refractivity contribution in [3.05, 3.63) is 65.7 Å². The second kappa shape index (κ2) is 12.4. The average molecular weight is 594 g/mol. The van der Waals surface area contributed by atoms with E-state index in [4.69, 9.17) is 0 Å². The maximum atomic E-state index is 13.8. The number of anilines is 1. The Balaban J connectivity index is 1.35. The number of hydrogen-bond donors (Lipinski definition) is 1. The van der Waals surface area contributed by atoms with E-state index in [9.17, 15) is 18.0 Å². The van der Waals surface area contributed by atoms with Crippen LogP contribution in [0.4, 0.5) is 5.69 Å². The summed E-state index contributed by atoms with van der Waals surface area (Å²) in [7, 11) is -3.75. The van der Waals surface area contributed by atoms with Crippen molar-refractivity contribution in [3.8, 4) is 0 Å². The molecule has 0 heterocycles. The topological polar surface area (TPSA) is 86.8 Å². The van der Waals surface area contributed by atoms with Crippen molar-refractivity contribution in [2.24, 2.45) is 23.7 Å². The Morgan fingerprint density at radius 2 is 1.48 bits per heavy atom. The summed E-state index contributed by atoms with van der Waals surface area (Å²) >= 11 is 0. The van der Waals surface area contributed by atoms with Crippen LogP contribution < -0.4 is 9.62 Å². The molecule has 2 amide bonds. The zero-order valence-corrected chi connectivity index (χ0v) is 26.4. The number of benzene rings is 2. The second-order valence-corrected chi connectivity index (χ2v) is 15.6. The monoisotopic (exact) mass is 593 g/mol. The summed E-state index contributed by atoms with van der Waals surface area (Å²) in [6.45, 7) is 6.20. The van der Waals surface area contributed by atoms with Crippen LogP contribution in [0.3, 0.4) is 0 Å². The van der Waals surface area contributed by atoms with Crippen LogP contribution in [0.1, 0.15) is 70.4 Å². The minimum Gasteiger partial charge on any atom is -0.354 e. The minimum atomic E-state index is -3.75. The first kappa shape index (κ1) is 30.6. The van der Waals surface area contributed by atoms with Gasteiger partial charge in [0.2, 0.25) is 21.8 Å². The third-order valence-electron chi connectivity index (χ3n) is 9.82. The summed E-state index contributed by atoms with van der Waals surface area (Å²) in [5.74, 6) is 2.11. The van der Waals surface area contributed by atoms with Gasteiger partial charge in [-0.15, -0.1) is 0 Å². The van der Waals surface area contributed by atoms with Crippen molar-refractivity contribution < 1.29 is 18.0 Å². The number of nitrogens with one attached hydrogen (secondary N) is 1. The molecule has 42 heavy (non-hydrogen) atoms. The highest BCUT2D eigenvalue weighted by Gasteiger charge is 2.51. The van der Waals surface area contributed by atoms with Gasteiger partial charge in [0.15, 0.2) is 0 Å². The van der Waals surface area contributed by atoms with E-state index in [1.807, 2.05) is 56.3 Å². The van der Waals surface area contributed by atoms with Crippen molar-refractivity contribution in [1.82, 2.24) is 10.2 Å². The summed E-state index contributed by atoms with van der Waals surface area (Å²) in [4.78, 5) is 28.4. The van der Waals surface area contributed by atoms with Gasteiger partial charge >= 0.3 is 0 Å². The Hall–Kier alpha value is -2.87. The third kappa shape index (κ3) is 6.85. The predicted octanol–water partition coefficient (Wildman–Crippen LogP) is 5.15. The van der Waals surface area contributed by atoms with E-state index >= 15 is 0 Å². The Morgan fingerprint density at radius 3 is 2.00 bits per heavy atom. The lowest BCUT2D eigenvalue weighted by Gasteiger charge is -2.57. The van der Waals surface area contributed by atoms with Gasteiger partial charge in [-0.2, -0.15) is 0 Å². The summed E-state index contributed by atoms with van der Waals surface area (Å²) in [5.41, 5.74) is 3.06. The molecule has 4 aliphatic carbocycles. The smallest absolute Gasteiger partial charge is 0.244 e. The first-order chi connectivity index (χ1) is 19.9. The number of carbonyl (C=O) groups excluding carboxylic acids is 2. The number of sulfonamides is 1. The summed E-state index contributed by atoms with van der Waals surface area (Å²) in [6.07, 6.45) is 9.52. The summed E-state index contributed by atoms with van der Waals surface area (Å²) < 4.78 is 27.3. The van der Waals surface area contributed by atoms with E-state index in [1.54, 1.807) is 6.92 Å². The molecule has 0 aromatic heterocycles. The van der Waals surface area contributed by atoms with Gasteiger partial charge in [0, 0.05) is 13.1 Å². The molecule has 6 rings (SSSR count). The fourth-order valence-electron chi connectivity index (χ4n) is 8.08. The van der Waals surface area contributed by atoms with Gasteiger partial charge < -0.3 is 10.2 Å². The van der Waals surface area contributed by atoms with Crippen molar-refractivity contribution in [3.63, 3.8) is 0 Å². The number of nitrogens with zero attached hydrogens (tertiary/aromatic N) is 2. The van der Waals surface area contributed by atoms with Crippen LogP contribution in [-0.2, 0) is 31.4 Å². The average Bonchev–Trinajstić information content (AvgIpc) is 2.94. The SMILES string of the molecule is CC(C)CNC(=O)[C@@H](C)N(CCc1ccccc1)C(=O)CN(c1ccc(C23CC4CC(CC(C4)C2)C3)cc1)S(C)(=O)=O. The molecule has 4 aliphatic rings. The lowest BCUT2D eigenvalue weighted by Crippen LogP contribution is -2.52. The second-order valence-electron chi connectivity index (χ2n) is 13.7. The molecule has 0 aliphatic heterocycles. The lowest BCUT2D eigenvalue weighted by molar-refractivity contribution is -0.138. The molecule has 1 N–H and O–H groups in total. The van der Waals surface area contributed by atoms with Crippen LogP contribution in [-0.4, -0.2) is 57.1 Å². The van der Waals surface area contributed by atoms with Gasteiger partial charge in [-0.3, -0.25) is 13.9 Å². The highest BCUT2D eigenvalue weighted by Crippen LogP contribution is 2.60. The molecule has 2 aromatic carbocycles. The number of hydrogen-bond acceptors (Lipinski definition) is 4. The molecule has 4 fully saturated rings. The van der Waals surface area contributed by atoms with Crippen molar-refractivity contribution in [2.45, 2.75) is 77.2 Å². The van der Waals surface area contributed by atoms with Crippen LogP contribution in [0, 0.1) is 23.7 Å². The minimum absolute atomic E-state index is 0.214. The Labute approximate surface area is 252 Å². The van der Waals surface area contributed by atoms with Crippen molar-refractivity contribution >= 4 is 27.5 Å². The first-order valence-electron chi connectivity index (χ1n) is 15.6. The molecule has 4 saturated carbocycles. The zero-order chi connectivity index (χ0) is 30.1. The summed E-state index contributed by atoms with van der Waals surface area (Å²) in [5, 5.41) is 2.93. The standard InChI is InChI=1S/C34H47N3O4S/c1-24(2)22-35-33(39)25(3)36(15-14-26-8-6-5-7-9-26)32(38)23-37(42(4,40)41)31-12-10-30(11-13-31)34-19-27-16-28(20-34)18-29(17-27)21-34/h5-13,24-25,27-29H,14-23H2,1-4H3,(H,35,39)/t25-,27?,28?,29?,34?/m1/s1. The molecule has 8 heteroatoms. The van der Waals surface area contributed by atoms with Crippen LogP contribution in [0.25, 0.3) is 0 Å². The molecule has 1 atom stereocenters. The van der Waals surface area contributed by atoms with Gasteiger partial charge in [-0.25, -0.2) is 8.42 Å². The Morgan fingerprint density at radius 1 is 0.905 bits per heavy atom. The molecule has 4 bridgehead atoms. The Kier molecular flexibility index (Phi) is 9.02. The van der Waals surface area contributed by atoms with E-state index in [1.165, 1.54) is 53.3 Å². The number of carbonyl (C=O) groups is 2. The molecule has 2 aromatic rings. The van der Waals surface area contributed by atoms with Crippen LogP contribution in [0.15, 0.2) is 54.6 Å². The highest BCUT2D eigenvalue weighted by atomic mass is 32.2. The van der Waals surface area contributed by atoms with E-state index in [-0.39, 0.29) is 23.8 Å². The molecule has 0 saturated heterocycles. The van der Waals surface area contributed by atoms with E-state index < -0.39 is 22.0 Å². The fraction of sp³-hybridized carbons (Fsp3) is 0.588. The van der Waals surface area contributed by atoms with E-state index in [0.717, 1.165) is 29.6 Å². The summed E-state index contributed by atoms with van der Waals surface area (Å²) in [6, 6.07) is 17.0. The molecule has 7 nitrogen and oxygen atoms in total. The largest absolute Gasteiger partial charge is 0.354 e. The van der Waals surface area contributed by atoms with E-state index in [0.29, 0.717) is 25.2 Å². The molecule has 0 radical (unpaired) electrons. The van der Waals surface area contributed by atoms with Gasteiger partial charge in [-0.05, 0) is 104 Å².